The zero-order chi connectivity index (χ0) is 23.4. The standard InChI is InChI=1S/C24H28N4O5/c1-2-14-33-24(32)28-13-10-19-18(15-28)21(29)20(23(31)26-19)22(30)25-16-6-8-17(9-7-16)27-11-4-3-5-12-27/h1,6-9,18-19,29H,3-5,10-15H2,(H,25,30)(H,26,31)/t18-,19-/m0/s1. The molecule has 1 aromatic rings. The number of amides is 3. The quantitative estimate of drug-likeness (QED) is 0.476. The van der Waals surface area contributed by atoms with Crippen LogP contribution in [0.15, 0.2) is 35.6 Å². The summed E-state index contributed by atoms with van der Waals surface area (Å²) in [6, 6.07) is 7.08. The number of hydrogen-bond acceptors (Lipinski definition) is 6. The maximum Gasteiger partial charge on any atom is 0.410 e. The van der Waals surface area contributed by atoms with Crippen LogP contribution in [-0.2, 0) is 14.3 Å². The molecule has 0 spiro atoms. The molecule has 3 amide bonds. The number of nitrogens with zero attached hydrogens (tertiary/aromatic N) is 2. The number of likely N-dealkylation sites (tertiary alicyclic amines) is 1. The van der Waals surface area contributed by atoms with Gasteiger partial charge in [-0.3, -0.25) is 9.59 Å². The molecule has 0 aromatic heterocycles. The van der Waals surface area contributed by atoms with Crippen molar-refractivity contribution >= 4 is 29.3 Å². The molecular formula is C24H28N4O5. The van der Waals surface area contributed by atoms with E-state index in [1.165, 1.54) is 24.2 Å². The zero-order valence-corrected chi connectivity index (χ0v) is 18.4. The van der Waals surface area contributed by atoms with E-state index in [1.807, 2.05) is 12.1 Å². The van der Waals surface area contributed by atoms with E-state index < -0.39 is 23.8 Å². The Hall–Kier alpha value is -3.67. The van der Waals surface area contributed by atoms with Crippen LogP contribution in [0.3, 0.4) is 0 Å². The number of carbonyl (C=O) groups excluding carboxylic acids is 3. The predicted molar refractivity (Wildman–Crippen MR) is 123 cm³/mol. The Bertz CT molecular complexity index is 991. The predicted octanol–water partition coefficient (Wildman–Crippen LogP) is 2.02. The average Bonchev–Trinajstić information content (AvgIpc) is 2.83. The number of benzene rings is 1. The molecule has 2 atom stereocenters. The van der Waals surface area contributed by atoms with E-state index in [-0.39, 0.29) is 30.5 Å². The maximum atomic E-state index is 12.9. The Kier molecular flexibility index (Phi) is 6.73. The Labute approximate surface area is 192 Å². The van der Waals surface area contributed by atoms with Crippen LogP contribution in [0.25, 0.3) is 0 Å². The number of fused-ring (bicyclic) bond motifs is 1. The molecule has 3 aliphatic heterocycles. The molecule has 3 N–H and O–H groups in total. The van der Waals surface area contributed by atoms with Gasteiger partial charge in [-0.25, -0.2) is 4.79 Å². The molecule has 0 saturated carbocycles. The molecule has 3 aliphatic rings. The molecule has 2 saturated heterocycles. The van der Waals surface area contributed by atoms with Crippen LogP contribution in [0, 0.1) is 18.3 Å². The Morgan fingerprint density at radius 2 is 1.91 bits per heavy atom. The minimum absolute atomic E-state index is 0.113. The van der Waals surface area contributed by atoms with Crippen molar-refractivity contribution in [2.45, 2.75) is 31.7 Å². The van der Waals surface area contributed by atoms with Crippen molar-refractivity contribution in [3.05, 3.63) is 35.6 Å². The van der Waals surface area contributed by atoms with E-state index in [1.54, 1.807) is 12.1 Å². The average molecular weight is 453 g/mol. The molecule has 0 unspecified atom stereocenters. The maximum absolute atomic E-state index is 12.9. The van der Waals surface area contributed by atoms with Crippen molar-refractivity contribution in [3.63, 3.8) is 0 Å². The van der Waals surface area contributed by atoms with Gasteiger partial charge in [-0.15, -0.1) is 6.42 Å². The van der Waals surface area contributed by atoms with Crippen molar-refractivity contribution < 1.29 is 24.2 Å². The van der Waals surface area contributed by atoms with Gasteiger partial charge in [0, 0.05) is 43.6 Å². The zero-order valence-electron chi connectivity index (χ0n) is 18.4. The highest BCUT2D eigenvalue weighted by atomic mass is 16.6. The fourth-order valence-electron chi connectivity index (χ4n) is 4.63. The smallest absolute Gasteiger partial charge is 0.410 e. The molecular weight excluding hydrogens is 424 g/mol. The Morgan fingerprint density at radius 3 is 2.61 bits per heavy atom. The van der Waals surface area contributed by atoms with E-state index in [9.17, 15) is 19.5 Å². The summed E-state index contributed by atoms with van der Waals surface area (Å²) >= 11 is 0. The summed E-state index contributed by atoms with van der Waals surface area (Å²) in [4.78, 5) is 41.3. The van der Waals surface area contributed by atoms with Crippen molar-refractivity contribution in [1.29, 1.82) is 0 Å². The summed E-state index contributed by atoms with van der Waals surface area (Å²) in [6.07, 6.45) is 8.55. The summed E-state index contributed by atoms with van der Waals surface area (Å²) in [6.45, 7) is 2.35. The second-order valence-corrected chi connectivity index (χ2v) is 8.49. The number of aliphatic hydroxyl groups is 1. The van der Waals surface area contributed by atoms with Crippen LogP contribution in [0.4, 0.5) is 16.2 Å². The number of anilines is 2. The van der Waals surface area contributed by atoms with Gasteiger partial charge in [0.15, 0.2) is 6.61 Å². The first-order chi connectivity index (χ1) is 16.0. The van der Waals surface area contributed by atoms with E-state index in [0.29, 0.717) is 18.7 Å². The van der Waals surface area contributed by atoms with Crippen LogP contribution in [-0.4, -0.2) is 66.7 Å². The molecule has 1 aromatic carbocycles. The van der Waals surface area contributed by atoms with Crippen molar-refractivity contribution in [2.24, 2.45) is 5.92 Å². The van der Waals surface area contributed by atoms with Gasteiger partial charge in [0.05, 0.1) is 5.92 Å². The first-order valence-electron chi connectivity index (χ1n) is 11.2. The molecule has 0 aliphatic carbocycles. The fourth-order valence-corrected chi connectivity index (χ4v) is 4.63. The van der Waals surface area contributed by atoms with Crippen LogP contribution in [0.1, 0.15) is 25.7 Å². The second-order valence-electron chi connectivity index (χ2n) is 8.49. The number of terminal acetylenes is 1. The highest BCUT2D eigenvalue weighted by Gasteiger charge is 2.43. The lowest BCUT2D eigenvalue weighted by Gasteiger charge is -2.40. The van der Waals surface area contributed by atoms with Gasteiger partial charge in [-0.2, -0.15) is 0 Å². The molecule has 33 heavy (non-hydrogen) atoms. The van der Waals surface area contributed by atoms with Gasteiger partial charge in [0.25, 0.3) is 11.8 Å². The molecule has 4 rings (SSSR count). The monoisotopic (exact) mass is 452 g/mol. The lowest BCUT2D eigenvalue weighted by Crippen LogP contribution is -2.57. The first-order valence-corrected chi connectivity index (χ1v) is 11.2. The summed E-state index contributed by atoms with van der Waals surface area (Å²) in [7, 11) is 0. The van der Waals surface area contributed by atoms with Crippen molar-refractivity contribution in [2.75, 3.05) is 43.0 Å². The SMILES string of the molecule is C#CCOC(=O)N1CC[C@@H]2NC(=O)C(C(=O)Nc3ccc(N4CCCCC4)cc3)=C(O)[C@H]2C1. The van der Waals surface area contributed by atoms with Crippen molar-refractivity contribution in [1.82, 2.24) is 10.2 Å². The summed E-state index contributed by atoms with van der Waals surface area (Å²) in [5.74, 6) is -0.00286. The molecule has 3 heterocycles. The third-order valence-corrected chi connectivity index (χ3v) is 6.37. The first kappa shape index (κ1) is 22.5. The largest absolute Gasteiger partial charge is 0.511 e. The van der Waals surface area contributed by atoms with Crippen LogP contribution in [0.2, 0.25) is 0 Å². The normalized spacial score (nSPS) is 22.7. The van der Waals surface area contributed by atoms with Crippen LogP contribution < -0.4 is 15.5 Å². The third-order valence-electron chi connectivity index (χ3n) is 6.37. The van der Waals surface area contributed by atoms with Gasteiger partial charge in [-0.1, -0.05) is 5.92 Å². The number of ether oxygens (including phenoxy) is 1. The Morgan fingerprint density at radius 1 is 1.18 bits per heavy atom. The van der Waals surface area contributed by atoms with Crippen LogP contribution in [0.5, 0.6) is 0 Å². The molecule has 0 radical (unpaired) electrons. The number of aliphatic hydroxyl groups excluding tert-OH is 1. The molecule has 2 fully saturated rings. The lowest BCUT2D eigenvalue weighted by atomic mass is 9.85. The van der Waals surface area contributed by atoms with E-state index >= 15 is 0 Å². The van der Waals surface area contributed by atoms with E-state index in [4.69, 9.17) is 11.2 Å². The highest BCUT2D eigenvalue weighted by molar-refractivity contribution is 6.23. The topological polar surface area (TPSA) is 111 Å². The number of piperidine rings is 2. The van der Waals surface area contributed by atoms with E-state index in [0.717, 1.165) is 18.8 Å². The van der Waals surface area contributed by atoms with Gasteiger partial charge in [0.1, 0.15) is 11.3 Å². The van der Waals surface area contributed by atoms with Crippen molar-refractivity contribution in [3.8, 4) is 12.3 Å². The fraction of sp³-hybridized carbons (Fsp3) is 0.458. The minimum Gasteiger partial charge on any atom is -0.511 e. The third kappa shape index (κ3) is 4.90. The number of hydrogen-bond donors (Lipinski definition) is 3. The van der Waals surface area contributed by atoms with Gasteiger partial charge >= 0.3 is 6.09 Å². The Balaban J connectivity index is 1.45. The number of nitrogens with one attached hydrogen (secondary N) is 2. The number of carbonyl (C=O) groups is 3. The summed E-state index contributed by atoms with van der Waals surface area (Å²) in [5.41, 5.74) is 1.28. The molecule has 9 heteroatoms. The van der Waals surface area contributed by atoms with Gasteiger partial charge < -0.3 is 30.3 Å². The highest BCUT2D eigenvalue weighted by Crippen LogP contribution is 2.30. The van der Waals surface area contributed by atoms with E-state index in [2.05, 4.69) is 21.5 Å². The summed E-state index contributed by atoms with van der Waals surface area (Å²) < 4.78 is 4.96. The lowest BCUT2D eigenvalue weighted by molar-refractivity contribution is -0.124. The molecule has 0 bridgehead atoms. The summed E-state index contributed by atoms with van der Waals surface area (Å²) in [5, 5.41) is 16.3. The molecule has 9 nitrogen and oxygen atoms in total. The van der Waals surface area contributed by atoms with Gasteiger partial charge in [0.2, 0.25) is 0 Å². The minimum atomic E-state index is -0.693. The van der Waals surface area contributed by atoms with Crippen LogP contribution >= 0.6 is 0 Å². The number of rotatable bonds is 4. The second kappa shape index (κ2) is 9.86. The molecule has 174 valence electrons. The van der Waals surface area contributed by atoms with Gasteiger partial charge in [-0.05, 0) is 49.9 Å².